The van der Waals surface area contributed by atoms with Gasteiger partial charge in [0.05, 0.1) is 12.1 Å². The highest BCUT2D eigenvalue weighted by molar-refractivity contribution is 5.94. The lowest BCUT2D eigenvalue weighted by molar-refractivity contribution is 0.0698. The van der Waals surface area contributed by atoms with Crippen molar-refractivity contribution in [1.29, 1.82) is 0 Å². The van der Waals surface area contributed by atoms with Gasteiger partial charge < -0.3 is 20.9 Å². The van der Waals surface area contributed by atoms with Gasteiger partial charge in [0.2, 0.25) is 0 Å². The van der Waals surface area contributed by atoms with E-state index in [0.29, 0.717) is 6.54 Å². The van der Waals surface area contributed by atoms with Crippen LogP contribution in [0.25, 0.3) is 0 Å². The van der Waals surface area contributed by atoms with Gasteiger partial charge >= 0.3 is 5.97 Å². The molecule has 1 heterocycles. The molecule has 1 unspecified atom stereocenters. The number of aromatic carboxylic acids is 1. The molecular weight excluding hydrogens is 268 g/mol. The molecule has 1 atom stereocenters. The van der Waals surface area contributed by atoms with Crippen LogP contribution in [0.15, 0.2) is 42.5 Å². The molecule has 0 saturated carbocycles. The molecule has 0 aromatic heterocycles. The van der Waals surface area contributed by atoms with E-state index in [4.69, 9.17) is 15.6 Å². The van der Waals surface area contributed by atoms with E-state index in [1.54, 1.807) is 18.2 Å². The number of benzene rings is 2. The number of carboxylic acids is 1. The Morgan fingerprint density at radius 1 is 1.33 bits per heavy atom. The molecule has 5 heteroatoms. The first-order chi connectivity index (χ1) is 10.1. The normalized spacial score (nSPS) is 16.1. The number of carbonyl (C=O) groups is 1. The van der Waals surface area contributed by atoms with Crippen molar-refractivity contribution in [2.24, 2.45) is 0 Å². The summed E-state index contributed by atoms with van der Waals surface area (Å²) < 4.78 is 5.83. The van der Waals surface area contributed by atoms with Gasteiger partial charge in [0.15, 0.2) is 0 Å². The molecule has 1 aliphatic heterocycles. The van der Waals surface area contributed by atoms with E-state index in [-0.39, 0.29) is 17.4 Å². The molecule has 0 radical (unpaired) electrons. The van der Waals surface area contributed by atoms with Crippen LogP contribution in [0.5, 0.6) is 5.75 Å². The Kier molecular flexibility index (Phi) is 3.39. The minimum Gasteiger partial charge on any atom is -0.488 e. The number of fused-ring (bicyclic) bond motifs is 1. The molecule has 0 spiro atoms. The number of nitrogen functional groups attached to an aromatic ring is 1. The summed E-state index contributed by atoms with van der Waals surface area (Å²) in [5.74, 6) is -0.103. The molecule has 108 valence electrons. The Labute approximate surface area is 122 Å². The van der Waals surface area contributed by atoms with Crippen LogP contribution in [0.2, 0.25) is 0 Å². The number of hydrogen-bond donors (Lipinski definition) is 3. The summed E-state index contributed by atoms with van der Waals surface area (Å²) >= 11 is 0. The number of nitrogens with one attached hydrogen (secondary N) is 1. The maximum atomic E-state index is 11.1. The van der Waals surface area contributed by atoms with Gasteiger partial charge in [-0.1, -0.05) is 18.2 Å². The predicted octanol–water partition coefficient (Wildman–Crippen LogP) is 2.38. The number of anilines is 2. The van der Waals surface area contributed by atoms with Gasteiger partial charge in [-0.3, -0.25) is 0 Å². The third-order valence-electron chi connectivity index (χ3n) is 3.53. The van der Waals surface area contributed by atoms with Crippen molar-refractivity contribution < 1.29 is 14.6 Å². The second-order valence-corrected chi connectivity index (χ2v) is 5.04. The Hall–Kier alpha value is -2.69. The number of nitrogens with two attached hydrogens (primary N) is 1. The van der Waals surface area contributed by atoms with Gasteiger partial charge in [-0.25, -0.2) is 4.79 Å². The van der Waals surface area contributed by atoms with E-state index >= 15 is 0 Å². The highest BCUT2D eigenvalue weighted by Crippen LogP contribution is 2.28. The van der Waals surface area contributed by atoms with Gasteiger partial charge in [-0.2, -0.15) is 0 Å². The van der Waals surface area contributed by atoms with Crippen molar-refractivity contribution in [3.8, 4) is 5.75 Å². The Morgan fingerprint density at radius 3 is 2.90 bits per heavy atom. The smallest absolute Gasteiger partial charge is 0.337 e. The standard InChI is InChI=1S/C16H16N2O3/c17-14-6-5-11(8-13(14)16(19)20)18-9-12-7-10-3-1-2-4-15(10)21-12/h1-6,8,12,18H,7,9,17H2,(H,19,20). The van der Waals surface area contributed by atoms with Gasteiger partial charge in [0.1, 0.15) is 11.9 Å². The summed E-state index contributed by atoms with van der Waals surface area (Å²) in [6, 6.07) is 12.9. The Balaban J connectivity index is 1.64. The molecule has 0 saturated heterocycles. The number of ether oxygens (including phenoxy) is 1. The van der Waals surface area contributed by atoms with E-state index in [2.05, 4.69) is 11.4 Å². The number of carboxylic acid groups (broad SMARTS) is 1. The molecular formula is C16H16N2O3. The monoisotopic (exact) mass is 284 g/mol. The Morgan fingerprint density at radius 2 is 2.14 bits per heavy atom. The second kappa shape index (κ2) is 5.36. The lowest BCUT2D eigenvalue weighted by Crippen LogP contribution is -2.24. The van der Waals surface area contributed by atoms with E-state index in [9.17, 15) is 4.79 Å². The molecule has 0 amide bonds. The molecule has 4 N–H and O–H groups in total. The molecule has 2 aromatic carbocycles. The molecule has 21 heavy (non-hydrogen) atoms. The fraction of sp³-hybridized carbons (Fsp3) is 0.188. The quantitative estimate of drug-likeness (QED) is 0.751. The van der Waals surface area contributed by atoms with E-state index in [1.807, 2.05) is 18.2 Å². The molecule has 3 rings (SSSR count). The van der Waals surface area contributed by atoms with Crippen molar-refractivity contribution in [2.75, 3.05) is 17.6 Å². The van der Waals surface area contributed by atoms with E-state index < -0.39 is 5.97 Å². The zero-order chi connectivity index (χ0) is 14.8. The van der Waals surface area contributed by atoms with Crippen molar-refractivity contribution in [3.05, 3.63) is 53.6 Å². The van der Waals surface area contributed by atoms with Crippen LogP contribution in [-0.2, 0) is 6.42 Å². The second-order valence-electron chi connectivity index (χ2n) is 5.04. The van der Waals surface area contributed by atoms with Crippen molar-refractivity contribution in [1.82, 2.24) is 0 Å². The number of rotatable bonds is 4. The predicted molar refractivity (Wildman–Crippen MR) is 80.9 cm³/mol. The van der Waals surface area contributed by atoms with E-state index in [1.165, 1.54) is 5.56 Å². The zero-order valence-corrected chi connectivity index (χ0v) is 11.4. The SMILES string of the molecule is Nc1ccc(NCC2Cc3ccccc3O2)cc1C(=O)O. The minimum absolute atomic E-state index is 0.0493. The first kappa shape index (κ1) is 13.3. The van der Waals surface area contributed by atoms with Crippen LogP contribution < -0.4 is 15.8 Å². The van der Waals surface area contributed by atoms with Crippen LogP contribution in [0, 0.1) is 0 Å². The molecule has 2 aromatic rings. The molecule has 0 aliphatic carbocycles. The highest BCUT2D eigenvalue weighted by Gasteiger charge is 2.22. The summed E-state index contributed by atoms with van der Waals surface area (Å²) in [6.07, 6.45) is 0.900. The first-order valence-electron chi connectivity index (χ1n) is 6.75. The topological polar surface area (TPSA) is 84.6 Å². The van der Waals surface area contributed by atoms with Crippen LogP contribution in [0.4, 0.5) is 11.4 Å². The highest BCUT2D eigenvalue weighted by atomic mass is 16.5. The lowest BCUT2D eigenvalue weighted by Gasteiger charge is -2.13. The third-order valence-corrected chi connectivity index (χ3v) is 3.53. The van der Waals surface area contributed by atoms with Crippen molar-refractivity contribution in [3.63, 3.8) is 0 Å². The van der Waals surface area contributed by atoms with Crippen LogP contribution in [0.1, 0.15) is 15.9 Å². The first-order valence-corrected chi connectivity index (χ1v) is 6.75. The van der Waals surface area contributed by atoms with Gasteiger partial charge in [-0.05, 0) is 29.8 Å². The summed E-state index contributed by atoms with van der Waals surface area (Å²) in [4.78, 5) is 11.1. The molecule has 5 nitrogen and oxygen atoms in total. The van der Waals surface area contributed by atoms with Crippen LogP contribution in [0.3, 0.4) is 0 Å². The average molecular weight is 284 g/mol. The van der Waals surface area contributed by atoms with Crippen LogP contribution in [-0.4, -0.2) is 23.7 Å². The van der Waals surface area contributed by atoms with E-state index in [0.717, 1.165) is 17.9 Å². The summed E-state index contributed by atoms with van der Waals surface area (Å²) in [5.41, 5.74) is 7.93. The summed E-state index contributed by atoms with van der Waals surface area (Å²) in [6.45, 7) is 0.609. The largest absolute Gasteiger partial charge is 0.488 e. The minimum atomic E-state index is -1.03. The van der Waals surface area contributed by atoms with Gasteiger partial charge in [0, 0.05) is 17.8 Å². The summed E-state index contributed by atoms with van der Waals surface area (Å²) in [5, 5.41) is 12.3. The maximum Gasteiger partial charge on any atom is 0.337 e. The average Bonchev–Trinajstić information content (AvgIpc) is 2.89. The van der Waals surface area contributed by atoms with Gasteiger partial charge in [-0.15, -0.1) is 0 Å². The maximum absolute atomic E-state index is 11.1. The fourth-order valence-corrected chi connectivity index (χ4v) is 2.45. The fourth-order valence-electron chi connectivity index (χ4n) is 2.45. The molecule has 1 aliphatic rings. The molecule has 0 bridgehead atoms. The zero-order valence-electron chi connectivity index (χ0n) is 11.4. The Bertz CT molecular complexity index is 660. The number of para-hydroxylation sites is 1. The third kappa shape index (κ3) is 2.76. The van der Waals surface area contributed by atoms with Crippen molar-refractivity contribution >= 4 is 17.3 Å². The van der Waals surface area contributed by atoms with Crippen molar-refractivity contribution in [2.45, 2.75) is 12.5 Å². The summed E-state index contributed by atoms with van der Waals surface area (Å²) in [7, 11) is 0. The van der Waals surface area contributed by atoms with Gasteiger partial charge in [0.25, 0.3) is 0 Å². The number of hydrogen-bond acceptors (Lipinski definition) is 4. The lowest BCUT2D eigenvalue weighted by atomic mass is 10.1. The van der Waals surface area contributed by atoms with Crippen LogP contribution >= 0.6 is 0 Å². The molecule has 0 fully saturated rings.